The van der Waals surface area contributed by atoms with Crippen LogP contribution in [-0.4, -0.2) is 32.8 Å². The SMILES string of the molecule is COCC(=O)OCCNCc1cccc(C)c1. The van der Waals surface area contributed by atoms with E-state index in [1.165, 1.54) is 18.2 Å². The number of ether oxygens (including phenoxy) is 2. The molecule has 0 saturated carbocycles. The third-order valence-corrected chi connectivity index (χ3v) is 2.22. The van der Waals surface area contributed by atoms with Gasteiger partial charge in [0.2, 0.25) is 0 Å². The van der Waals surface area contributed by atoms with Crippen molar-refractivity contribution >= 4 is 5.97 Å². The molecule has 4 heteroatoms. The Morgan fingerprint density at radius 1 is 1.41 bits per heavy atom. The van der Waals surface area contributed by atoms with Crippen molar-refractivity contribution in [3.05, 3.63) is 35.4 Å². The van der Waals surface area contributed by atoms with E-state index in [-0.39, 0.29) is 12.6 Å². The first-order valence-corrected chi connectivity index (χ1v) is 5.63. The molecule has 1 aromatic rings. The van der Waals surface area contributed by atoms with Crippen LogP contribution < -0.4 is 5.32 Å². The van der Waals surface area contributed by atoms with Crippen LogP contribution in [0.25, 0.3) is 0 Å². The maximum atomic E-state index is 10.9. The Balaban J connectivity index is 2.10. The van der Waals surface area contributed by atoms with Gasteiger partial charge in [-0.05, 0) is 12.5 Å². The van der Waals surface area contributed by atoms with Gasteiger partial charge in [0.15, 0.2) is 0 Å². The maximum Gasteiger partial charge on any atom is 0.332 e. The van der Waals surface area contributed by atoms with Crippen LogP contribution in [0.5, 0.6) is 0 Å². The van der Waals surface area contributed by atoms with Crippen molar-refractivity contribution in [2.45, 2.75) is 13.5 Å². The number of hydrogen-bond acceptors (Lipinski definition) is 4. The molecule has 17 heavy (non-hydrogen) atoms. The molecule has 0 heterocycles. The molecule has 0 aliphatic heterocycles. The number of methoxy groups -OCH3 is 1. The Bertz CT molecular complexity index is 352. The second-order valence-corrected chi connectivity index (χ2v) is 3.82. The molecule has 0 spiro atoms. The lowest BCUT2D eigenvalue weighted by atomic mass is 10.1. The lowest BCUT2D eigenvalue weighted by molar-refractivity contribution is -0.147. The fourth-order valence-corrected chi connectivity index (χ4v) is 1.45. The summed E-state index contributed by atoms with van der Waals surface area (Å²) in [5.41, 5.74) is 2.48. The second-order valence-electron chi connectivity index (χ2n) is 3.82. The van der Waals surface area contributed by atoms with Crippen LogP contribution in [0.15, 0.2) is 24.3 Å². The quantitative estimate of drug-likeness (QED) is 0.573. The van der Waals surface area contributed by atoms with E-state index in [1.807, 2.05) is 6.07 Å². The minimum absolute atomic E-state index is 0.0118. The lowest BCUT2D eigenvalue weighted by Gasteiger charge is -2.06. The van der Waals surface area contributed by atoms with Gasteiger partial charge in [0.25, 0.3) is 0 Å². The van der Waals surface area contributed by atoms with Gasteiger partial charge in [0, 0.05) is 20.2 Å². The van der Waals surface area contributed by atoms with E-state index in [4.69, 9.17) is 4.74 Å². The van der Waals surface area contributed by atoms with Crippen molar-refractivity contribution in [2.75, 3.05) is 26.9 Å². The molecule has 0 amide bonds. The summed E-state index contributed by atoms with van der Waals surface area (Å²) in [6.45, 7) is 3.87. The predicted octanol–water partition coefficient (Wildman–Crippen LogP) is 1.27. The summed E-state index contributed by atoms with van der Waals surface area (Å²) in [6.07, 6.45) is 0. The highest BCUT2D eigenvalue weighted by Crippen LogP contribution is 2.02. The number of esters is 1. The number of nitrogens with one attached hydrogen (secondary N) is 1. The van der Waals surface area contributed by atoms with E-state index in [2.05, 4.69) is 35.2 Å². The number of benzene rings is 1. The number of rotatable bonds is 7. The van der Waals surface area contributed by atoms with Gasteiger partial charge in [-0.3, -0.25) is 0 Å². The van der Waals surface area contributed by atoms with Crippen LogP contribution in [-0.2, 0) is 20.8 Å². The van der Waals surface area contributed by atoms with Crippen LogP contribution in [0.3, 0.4) is 0 Å². The van der Waals surface area contributed by atoms with Gasteiger partial charge >= 0.3 is 5.97 Å². The van der Waals surface area contributed by atoms with E-state index in [0.717, 1.165) is 6.54 Å². The molecule has 0 fully saturated rings. The van der Waals surface area contributed by atoms with E-state index in [9.17, 15) is 4.79 Å². The van der Waals surface area contributed by atoms with Crippen molar-refractivity contribution in [1.29, 1.82) is 0 Å². The Morgan fingerprint density at radius 3 is 2.94 bits per heavy atom. The maximum absolute atomic E-state index is 10.9. The zero-order chi connectivity index (χ0) is 12.5. The Morgan fingerprint density at radius 2 is 2.24 bits per heavy atom. The first kappa shape index (κ1) is 13.7. The van der Waals surface area contributed by atoms with Gasteiger partial charge in [-0.15, -0.1) is 0 Å². The summed E-state index contributed by atoms with van der Waals surface area (Å²) in [7, 11) is 1.47. The molecular formula is C13H19NO3. The minimum atomic E-state index is -0.329. The summed E-state index contributed by atoms with van der Waals surface area (Å²) in [5.74, 6) is -0.329. The molecule has 0 saturated heterocycles. The molecule has 4 nitrogen and oxygen atoms in total. The normalized spacial score (nSPS) is 10.2. The molecule has 0 aromatic heterocycles. The first-order chi connectivity index (χ1) is 8.22. The summed E-state index contributed by atoms with van der Waals surface area (Å²) in [5, 5.41) is 3.21. The monoisotopic (exact) mass is 237 g/mol. The van der Waals surface area contributed by atoms with Gasteiger partial charge < -0.3 is 14.8 Å². The van der Waals surface area contributed by atoms with E-state index in [0.29, 0.717) is 13.2 Å². The van der Waals surface area contributed by atoms with E-state index in [1.54, 1.807) is 0 Å². The van der Waals surface area contributed by atoms with Gasteiger partial charge in [-0.1, -0.05) is 29.8 Å². The van der Waals surface area contributed by atoms with E-state index >= 15 is 0 Å². The first-order valence-electron chi connectivity index (χ1n) is 5.63. The van der Waals surface area contributed by atoms with Gasteiger partial charge in [-0.2, -0.15) is 0 Å². The highest BCUT2D eigenvalue weighted by molar-refractivity contribution is 5.70. The minimum Gasteiger partial charge on any atom is -0.463 e. The molecular weight excluding hydrogens is 218 g/mol. The fourth-order valence-electron chi connectivity index (χ4n) is 1.45. The Hall–Kier alpha value is -1.39. The molecule has 0 radical (unpaired) electrons. The number of aryl methyl sites for hydroxylation is 1. The zero-order valence-corrected chi connectivity index (χ0v) is 10.4. The lowest BCUT2D eigenvalue weighted by Crippen LogP contribution is -2.22. The molecule has 0 aliphatic carbocycles. The van der Waals surface area contributed by atoms with Crippen molar-refractivity contribution in [3.63, 3.8) is 0 Å². The van der Waals surface area contributed by atoms with Crippen molar-refractivity contribution < 1.29 is 14.3 Å². The molecule has 0 aliphatic rings. The van der Waals surface area contributed by atoms with Crippen molar-refractivity contribution in [3.8, 4) is 0 Å². The van der Waals surface area contributed by atoms with Crippen LogP contribution in [0, 0.1) is 6.92 Å². The summed E-state index contributed by atoms with van der Waals surface area (Å²) in [6, 6.07) is 8.29. The molecule has 0 unspecified atom stereocenters. The third kappa shape index (κ3) is 6.04. The predicted molar refractivity (Wildman–Crippen MR) is 65.7 cm³/mol. The molecule has 94 valence electrons. The number of hydrogen-bond donors (Lipinski definition) is 1. The third-order valence-electron chi connectivity index (χ3n) is 2.22. The van der Waals surface area contributed by atoms with Crippen molar-refractivity contribution in [1.82, 2.24) is 5.32 Å². The van der Waals surface area contributed by atoms with E-state index < -0.39 is 0 Å². The Labute approximate surface area is 102 Å². The molecule has 1 aromatic carbocycles. The van der Waals surface area contributed by atoms with Crippen LogP contribution in [0.4, 0.5) is 0 Å². The van der Waals surface area contributed by atoms with Gasteiger partial charge in [0.05, 0.1) is 0 Å². The molecule has 0 atom stereocenters. The zero-order valence-electron chi connectivity index (χ0n) is 10.4. The van der Waals surface area contributed by atoms with Crippen molar-refractivity contribution in [2.24, 2.45) is 0 Å². The average Bonchev–Trinajstić information content (AvgIpc) is 2.29. The largest absolute Gasteiger partial charge is 0.463 e. The molecule has 1 rings (SSSR count). The van der Waals surface area contributed by atoms with Crippen LogP contribution in [0.1, 0.15) is 11.1 Å². The summed E-state index contributed by atoms with van der Waals surface area (Å²) in [4.78, 5) is 10.9. The average molecular weight is 237 g/mol. The summed E-state index contributed by atoms with van der Waals surface area (Å²) < 4.78 is 9.57. The fraction of sp³-hybridized carbons (Fsp3) is 0.462. The summed E-state index contributed by atoms with van der Waals surface area (Å²) >= 11 is 0. The highest BCUT2D eigenvalue weighted by atomic mass is 16.6. The number of carbonyl (C=O) groups is 1. The van der Waals surface area contributed by atoms with Gasteiger partial charge in [0.1, 0.15) is 13.2 Å². The molecule has 0 bridgehead atoms. The Kier molecular flexibility index (Phi) is 6.29. The van der Waals surface area contributed by atoms with Crippen LogP contribution >= 0.6 is 0 Å². The van der Waals surface area contributed by atoms with Crippen LogP contribution in [0.2, 0.25) is 0 Å². The standard InChI is InChI=1S/C13H19NO3/c1-11-4-3-5-12(8-11)9-14-6-7-17-13(15)10-16-2/h3-5,8,14H,6-7,9-10H2,1-2H3. The molecule has 1 N–H and O–H groups in total. The highest BCUT2D eigenvalue weighted by Gasteiger charge is 2.00. The number of carbonyl (C=O) groups excluding carboxylic acids is 1. The van der Waals surface area contributed by atoms with Gasteiger partial charge in [-0.25, -0.2) is 4.79 Å². The second kappa shape index (κ2) is 7.81. The topological polar surface area (TPSA) is 47.6 Å². The smallest absolute Gasteiger partial charge is 0.332 e.